The first-order valence-corrected chi connectivity index (χ1v) is 3.63. The molecule has 0 spiro atoms. The SMILES string of the molecule is CC1NC(CCN)=CN1C. The molecule has 1 aliphatic heterocycles. The van der Waals surface area contributed by atoms with Gasteiger partial charge in [0, 0.05) is 25.4 Å². The Kier molecular flexibility index (Phi) is 2.17. The number of hydrogen-bond donors (Lipinski definition) is 2. The van der Waals surface area contributed by atoms with Crippen LogP contribution in [0.4, 0.5) is 0 Å². The Hall–Kier alpha value is -0.700. The molecule has 1 unspecified atom stereocenters. The van der Waals surface area contributed by atoms with Crippen LogP contribution in [0, 0.1) is 0 Å². The van der Waals surface area contributed by atoms with Crippen molar-refractivity contribution in [3.63, 3.8) is 0 Å². The molecule has 3 nitrogen and oxygen atoms in total. The highest BCUT2D eigenvalue weighted by Crippen LogP contribution is 2.09. The van der Waals surface area contributed by atoms with E-state index in [9.17, 15) is 0 Å². The van der Waals surface area contributed by atoms with E-state index >= 15 is 0 Å². The molecule has 0 aliphatic carbocycles. The average Bonchev–Trinajstić information content (AvgIpc) is 2.14. The van der Waals surface area contributed by atoms with Gasteiger partial charge in [-0.05, 0) is 13.5 Å². The summed E-state index contributed by atoms with van der Waals surface area (Å²) in [6.07, 6.45) is 3.49. The molecule has 0 radical (unpaired) electrons. The van der Waals surface area contributed by atoms with Gasteiger partial charge in [0.2, 0.25) is 0 Å². The van der Waals surface area contributed by atoms with Crippen LogP contribution in [0.15, 0.2) is 11.9 Å². The zero-order valence-corrected chi connectivity index (χ0v) is 6.59. The third-order valence-corrected chi connectivity index (χ3v) is 1.78. The molecule has 0 saturated heterocycles. The molecular weight excluding hydrogens is 126 g/mol. The molecule has 1 rings (SSSR count). The van der Waals surface area contributed by atoms with E-state index in [0.29, 0.717) is 6.17 Å². The van der Waals surface area contributed by atoms with E-state index in [1.165, 1.54) is 5.70 Å². The maximum Gasteiger partial charge on any atom is 0.0951 e. The van der Waals surface area contributed by atoms with Crippen molar-refractivity contribution in [3.05, 3.63) is 11.9 Å². The van der Waals surface area contributed by atoms with Gasteiger partial charge in [0.05, 0.1) is 6.17 Å². The summed E-state index contributed by atoms with van der Waals surface area (Å²) in [4.78, 5) is 2.14. The van der Waals surface area contributed by atoms with Crippen molar-refractivity contribution in [3.8, 4) is 0 Å². The fourth-order valence-electron chi connectivity index (χ4n) is 1.06. The lowest BCUT2D eigenvalue weighted by atomic mass is 10.3. The molecule has 0 aromatic rings. The van der Waals surface area contributed by atoms with Gasteiger partial charge in [-0.3, -0.25) is 0 Å². The van der Waals surface area contributed by atoms with E-state index in [-0.39, 0.29) is 0 Å². The number of hydrogen-bond acceptors (Lipinski definition) is 3. The molecule has 1 aliphatic rings. The monoisotopic (exact) mass is 141 g/mol. The van der Waals surface area contributed by atoms with Crippen molar-refractivity contribution in [2.45, 2.75) is 19.5 Å². The molecule has 0 aromatic carbocycles. The van der Waals surface area contributed by atoms with E-state index in [4.69, 9.17) is 5.73 Å². The first kappa shape index (κ1) is 7.41. The Bertz CT molecular complexity index is 142. The number of rotatable bonds is 2. The summed E-state index contributed by atoms with van der Waals surface area (Å²) in [5, 5.41) is 3.31. The standard InChI is InChI=1S/C7H15N3/c1-6-9-7(3-4-8)5-10(6)2/h5-6,9H,3-4,8H2,1-2H3. The van der Waals surface area contributed by atoms with Crippen LogP contribution in [0.2, 0.25) is 0 Å². The summed E-state index contributed by atoms with van der Waals surface area (Å²) in [5.41, 5.74) is 6.65. The summed E-state index contributed by atoms with van der Waals surface area (Å²) < 4.78 is 0. The van der Waals surface area contributed by atoms with Crippen LogP contribution in [-0.4, -0.2) is 24.7 Å². The van der Waals surface area contributed by atoms with Crippen LogP contribution in [0.5, 0.6) is 0 Å². The van der Waals surface area contributed by atoms with E-state index in [0.717, 1.165) is 13.0 Å². The Balaban J connectivity index is 2.42. The quantitative estimate of drug-likeness (QED) is 0.571. The minimum Gasteiger partial charge on any atom is -0.368 e. The van der Waals surface area contributed by atoms with Crippen LogP contribution in [0.3, 0.4) is 0 Å². The van der Waals surface area contributed by atoms with Crippen molar-refractivity contribution < 1.29 is 0 Å². The molecule has 0 amide bonds. The van der Waals surface area contributed by atoms with Crippen LogP contribution in [-0.2, 0) is 0 Å². The summed E-state index contributed by atoms with van der Waals surface area (Å²) in [6, 6.07) is 0. The minimum atomic E-state index is 0.432. The Morgan fingerprint density at radius 1 is 1.80 bits per heavy atom. The highest BCUT2D eigenvalue weighted by molar-refractivity contribution is 5.06. The lowest BCUT2D eigenvalue weighted by molar-refractivity contribution is 0.354. The predicted octanol–water partition coefficient (Wildman–Crippen LogP) is 0.0576. The second-order valence-corrected chi connectivity index (χ2v) is 2.68. The zero-order chi connectivity index (χ0) is 7.56. The van der Waals surface area contributed by atoms with Crippen molar-refractivity contribution in [1.29, 1.82) is 0 Å². The second kappa shape index (κ2) is 2.92. The van der Waals surface area contributed by atoms with E-state index < -0.39 is 0 Å². The second-order valence-electron chi connectivity index (χ2n) is 2.68. The summed E-state index contributed by atoms with van der Waals surface area (Å²) in [6.45, 7) is 2.85. The first-order valence-electron chi connectivity index (χ1n) is 3.63. The van der Waals surface area contributed by atoms with Crippen molar-refractivity contribution in [2.24, 2.45) is 5.73 Å². The Morgan fingerprint density at radius 3 is 2.90 bits per heavy atom. The van der Waals surface area contributed by atoms with Crippen LogP contribution >= 0.6 is 0 Å². The van der Waals surface area contributed by atoms with E-state index in [2.05, 4.69) is 30.4 Å². The smallest absolute Gasteiger partial charge is 0.0951 e. The van der Waals surface area contributed by atoms with Crippen molar-refractivity contribution >= 4 is 0 Å². The summed E-state index contributed by atoms with van der Waals surface area (Å²) in [5.74, 6) is 0. The molecule has 1 atom stereocenters. The molecule has 3 N–H and O–H groups in total. The third-order valence-electron chi connectivity index (χ3n) is 1.78. The highest BCUT2D eigenvalue weighted by Gasteiger charge is 2.13. The zero-order valence-electron chi connectivity index (χ0n) is 6.59. The predicted molar refractivity (Wildman–Crippen MR) is 42.1 cm³/mol. The average molecular weight is 141 g/mol. The highest BCUT2D eigenvalue weighted by atomic mass is 15.3. The number of nitrogens with two attached hydrogens (primary N) is 1. The fraction of sp³-hybridized carbons (Fsp3) is 0.714. The molecule has 1 heterocycles. The topological polar surface area (TPSA) is 41.3 Å². The lowest BCUT2D eigenvalue weighted by Crippen LogP contribution is -2.30. The fourth-order valence-corrected chi connectivity index (χ4v) is 1.06. The summed E-state index contributed by atoms with van der Waals surface area (Å²) >= 11 is 0. The van der Waals surface area contributed by atoms with E-state index in [1.807, 2.05) is 0 Å². The Morgan fingerprint density at radius 2 is 2.50 bits per heavy atom. The van der Waals surface area contributed by atoms with Gasteiger partial charge in [-0.1, -0.05) is 0 Å². The van der Waals surface area contributed by atoms with Crippen LogP contribution < -0.4 is 11.1 Å². The lowest BCUT2D eigenvalue weighted by Gasteiger charge is -2.15. The van der Waals surface area contributed by atoms with Crippen LogP contribution in [0.25, 0.3) is 0 Å². The number of nitrogens with zero attached hydrogens (tertiary/aromatic N) is 1. The van der Waals surface area contributed by atoms with Gasteiger partial charge in [0.25, 0.3) is 0 Å². The summed E-state index contributed by atoms with van der Waals surface area (Å²) in [7, 11) is 2.06. The first-order chi connectivity index (χ1) is 4.74. The molecule has 0 bridgehead atoms. The molecule has 58 valence electrons. The van der Waals surface area contributed by atoms with Crippen molar-refractivity contribution in [1.82, 2.24) is 10.2 Å². The Labute approximate surface area is 61.9 Å². The van der Waals surface area contributed by atoms with Crippen molar-refractivity contribution in [2.75, 3.05) is 13.6 Å². The molecule has 0 saturated carbocycles. The van der Waals surface area contributed by atoms with Gasteiger partial charge in [-0.25, -0.2) is 0 Å². The van der Waals surface area contributed by atoms with Gasteiger partial charge in [0.15, 0.2) is 0 Å². The molecule has 10 heavy (non-hydrogen) atoms. The molecular formula is C7H15N3. The number of nitrogens with one attached hydrogen (secondary N) is 1. The largest absolute Gasteiger partial charge is 0.368 e. The minimum absolute atomic E-state index is 0.432. The maximum atomic E-state index is 5.40. The van der Waals surface area contributed by atoms with Gasteiger partial charge in [-0.15, -0.1) is 0 Å². The normalized spacial score (nSPS) is 24.5. The van der Waals surface area contributed by atoms with Gasteiger partial charge >= 0.3 is 0 Å². The van der Waals surface area contributed by atoms with Gasteiger partial charge in [-0.2, -0.15) is 0 Å². The molecule has 3 heteroatoms. The van der Waals surface area contributed by atoms with Gasteiger partial charge in [0.1, 0.15) is 0 Å². The van der Waals surface area contributed by atoms with Crippen LogP contribution in [0.1, 0.15) is 13.3 Å². The molecule has 0 fully saturated rings. The third kappa shape index (κ3) is 1.42. The van der Waals surface area contributed by atoms with E-state index in [1.54, 1.807) is 0 Å². The molecule has 0 aromatic heterocycles. The maximum absolute atomic E-state index is 5.40. The van der Waals surface area contributed by atoms with Gasteiger partial charge < -0.3 is 16.0 Å².